The van der Waals surface area contributed by atoms with Crippen LogP contribution in [0, 0.1) is 18.3 Å². The molecule has 0 radical (unpaired) electrons. The molecule has 14 heavy (non-hydrogen) atoms. The van der Waals surface area contributed by atoms with Gasteiger partial charge in [0, 0.05) is 5.92 Å². The van der Waals surface area contributed by atoms with Gasteiger partial charge in [0.25, 0.3) is 0 Å². The summed E-state index contributed by atoms with van der Waals surface area (Å²) in [4.78, 5) is 31.0. The van der Waals surface area contributed by atoms with E-state index in [0.29, 0.717) is 5.92 Å². The van der Waals surface area contributed by atoms with Crippen LogP contribution in [0.3, 0.4) is 0 Å². The van der Waals surface area contributed by atoms with Crippen LogP contribution < -0.4 is 0 Å². The van der Waals surface area contributed by atoms with Crippen LogP contribution in [0.4, 0.5) is 0 Å². The first-order chi connectivity index (χ1) is 5.98. The number of rotatable bonds is 2. The maximum Gasteiger partial charge on any atom is 0.478 e. The van der Waals surface area contributed by atoms with Gasteiger partial charge in [0.05, 0.1) is 0 Å². The van der Waals surface area contributed by atoms with Crippen molar-refractivity contribution in [3.8, 4) is 12.3 Å². The normalized spacial score (nSPS) is 11.6. The molecule has 0 saturated heterocycles. The van der Waals surface area contributed by atoms with Gasteiger partial charge < -0.3 is 19.6 Å². The average molecular weight is 246 g/mol. The van der Waals surface area contributed by atoms with E-state index in [1.807, 2.05) is 13.8 Å². The van der Waals surface area contributed by atoms with Gasteiger partial charge in [-0.25, -0.2) is 9.13 Å². The van der Waals surface area contributed by atoms with Crippen LogP contribution in [0.2, 0.25) is 0 Å². The molecule has 0 aromatic rings. The summed E-state index contributed by atoms with van der Waals surface area (Å²) in [5, 5.41) is 0. The first-order valence-electron chi connectivity index (χ1n) is 3.26. The smallest absolute Gasteiger partial charge is 0.302 e. The van der Waals surface area contributed by atoms with E-state index in [4.69, 9.17) is 26.0 Å². The van der Waals surface area contributed by atoms with E-state index in [0.717, 1.165) is 0 Å². The van der Waals surface area contributed by atoms with Crippen molar-refractivity contribution in [3.05, 3.63) is 0 Å². The minimum Gasteiger partial charge on any atom is -0.302 e. The molecule has 9 heteroatoms. The van der Waals surface area contributed by atoms with Gasteiger partial charge in [0.15, 0.2) is 0 Å². The molecule has 0 aliphatic carbocycles. The van der Waals surface area contributed by atoms with Crippen LogP contribution in [-0.2, 0) is 13.4 Å². The van der Waals surface area contributed by atoms with Crippen LogP contribution in [0.5, 0.6) is 0 Å². The Morgan fingerprint density at radius 1 is 1.14 bits per heavy atom. The zero-order valence-corrected chi connectivity index (χ0v) is 9.35. The predicted molar refractivity (Wildman–Crippen MR) is 48.8 cm³/mol. The summed E-state index contributed by atoms with van der Waals surface area (Å²) in [6.07, 6.45) is 4.92. The summed E-state index contributed by atoms with van der Waals surface area (Å²) < 4.78 is 22.2. The molecule has 0 aromatic heterocycles. The summed E-state index contributed by atoms with van der Waals surface area (Å²) in [5.41, 5.74) is 0. The zero-order chi connectivity index (χ0) is 12.0. The van der Waals surface area contributed by atoms with Gasteiger partial charge in [0.2, 0.25) is 0 Å². The van der Waals surface area contributed by atoms with Crippen molar-refractivity contribution < 1.29 is 33.0 Å². The van der Waals surface area contributed by atoms with Gasteiger partial charge in [-0.05, 0) is 0 Å². The topological polar surface area (TPSA) is 124 Å². The zero-order valence-electron chi connectivity index (χ0n) is 7.56. The van der Waals surface area contributed by atoms with E-state index in [2.05, 4.69) is 10.2 Å². The highest BCUT2D eigenvalue weighted by atomic mass is 31.3. The maximum atomic E-state index is 9.63. The molecule has 0 unspecified atom stereocenters. The van der Waals surface area contributed by atoms with Crippen molar-refractivity contribution in [2.75, 3.05) is 0 Å². The molecule has 0 heterocycles. The highest BCUT2D eigenvalue weighted by molar-refractivity contribution is 7.60. The second-order valence-corrected chi connectivity index (χ2v) is 5.00. The van der Waals surface area contributed by atoms with Crippen molar-refractivity contribution in [3.63, 3.8) is 0 Å². The molecule has 4 N–H and O–H groups in total. The fourth-order valence-electron chi connectivity index (χ4n) is 0.139. The SMILES string of the molecule is C#CC(C)C.O=P(O)(O)OP(=O)(O)O. The quantitative estimate of drug-likeness (QED) is 0.412. The number of hydrogen-bond donors (Lipinski definition) is 4. The fourth-order valence-corrected chi connectivity index (χ4v) is 1.25. The van der Waals surface area contributed by atoms with E-state index in [1.54, 1.807) is 0 Å². The lowest BCUT2D eigenvalue weighted by Gasteiger charge is -2.03. The number of phosphoric acid groups is 2. The Hall–Kier alpha value is -0.180. The maximum absolute atomic E-state index is 9.63. The molecule has 0 amide bonds. The Balaban J connectivity index is 0. The third-order valence-electron chi connectivity index (χ3n) is 0.546. The Kier molecular flexibility index (Phi) is 7.35. The summed E-state index contributed by atoms with van der Waals surface area (Å²) in [6.45, 7) is 3.97. The minimum absolute atomic E-state index is 0.412. The molecule has 0 aliphatic rings. The van der Waals surface area contributed by atoms with E-state index in [-0.39, 0.29) is 0 Å². The molecule has 0 aliphatic heterocycles. The molecule has 0 fully saturated rings. The molecular formula is C5H12O7P2. The fraction of sp³-hybridized carbons (Fsp3) is 0.600. The first kappa shape index (κ1) is 16.3. The van der Waals surface area contributed by atoms with Gasteiger partial charge >= 0.3 is 15.6 Å². The standard InChI is InChI=1S/C5H8.H4O7P2/c1-4-5(2)3;1-8(2,3)7-9(4,5)6/h1,5H,2-3H3;(H2,1,2,3)(H2,4,5,6). The van der Waals surface area contributed by atoms with Crippen LogP contribution in [0.1, 0.15) is 13.8 Å². The van der Waals surface area contributed by atoms with E-state index < -0.39 is 15.6 Å². The van der Waals surface area contributed by atoms with Crippen molar-refractivity contribution in [1.29, 1.82) is 0 Å². The minimum atomic E-state index is -5.05. The van der Waals surface area contributed by atoms with Crippen molar-refractivity contribution in [2.45, 2.75) is 13.8 Å². The molecule has 0 spiro atoms. The van der Waals surface area contributed by atoms with E-state index >= 15 is 0 Å². The Morgan fingerprint density at radius 2 is 1.36 bits per heavy atom. The highest BCUT2D eigenvalue weighted by Gasteiger charge is 2.27. The molecular weight excluding hydrogens is 234 g/mol. The molecule has 0 saturated carbocycles. The molecule has 0 bridgehead atoms. The Bertz CT molecular complexity index is 259. The van der Waals surface area contributed by atoms with E-state index in [1.165, 1.54) is 0 Å². The van der Waals surface area contributed by atoms with Crippen LogP contribution >= 0.6 is 15.6 Å². The summed E-state index contributed by atoms with van der Waals surface area (Å²) in [6, 6.07) is 0. The first-order valence-corrected chi connectivity index (χ1v) is 6.32. The van der Waals surface area contributed by atoms with Gasteiger partial charge in [-0.15, -0.1) is 12.3 Å². The van der Waals surface area contributed by atoms with Crippen molar-refractivity contribution in [1.82, 2.24) is 0 Å². The Labute approximate surface area is 81.6 Å². The molecule has 0 rings (SSSR count). The summed E-state index contributed by atoms with van der Waals surface area (Å²) in [7, 11) is -10.1. The average Bonchev–Trinajstić information content (AvgIpc) is 1.80. The van der Waals surface area contributed by atoms with Gasteiger partial charge in [-0.3, -0.25) is 0 Å². The summed E-state index contributed by atoms with van der Waals surface area (Å²) in [5.74, 6) is 2.94. The van der Waals surface area contributed by atoms with Gasteiger partial charge in [0.1, 0.15) is 0 Å². The highest BCUT2D eigenvalue weighted by Crippen LogP contribution is 2.53. The van der Waals surface area contributed by atoms with E-state index in [9.17, 15) is 9.13 Å². The van der Waals surface area contributed by atoms with Gasteiger partial charge in [-0.1, -0.05) is 13.8 Å². The van der Waals surface area contributed by atoms with Crippen LogP contribution in [0.15, 0.2) is 0 Å². The lowest BCUT2D eigenvalue weighted by atomic mass is 10.2. The monoisotopic (exact) mass is 246 g/mol. The number of terminal acetylenes is 1. The lowest BCUT2D eigenvalue weighted by molar-refractivity contribution is 0.225. The lowest BCUT2D eigenvalue weighted by Crippen LogP contribution is -1.84. The molecule has 0 aromatic carbocycles. The second-order valence-electron chi connectivity index (χ2n) is 2.38. The number of hydrogen-bond acceptors (Lipinski definition) is 3. The van der Waals surface area contributed by atoms with Crippen LogP contribution in [-0.4, -0.2) is 19.6 Å². The largest absolute Gasteiger partial charge is 0.478 e. The molecule has 0 atom stereocenters. The second kappa shape index (κ2) is 6.33. The third-order valence-corrected chi connectivity index (χ3v) is 2.25. The third kappa shape index (κ3) is 22.6. The molecule has 84 valence electrons. The van der Waals surface area contributed by atoms with Crippen molar-refractivity contribution >= 4 is 15.6 Å². The summed E-state index contributed by atoms with van der Waals surface area (Å²) >= 11 is 0. The van der Waals surface area contributed by atoms with Crippen LogP contribution in [0.25, 0.3) is 0 Å². The molecule has 7 nitrogen and oxygen atoms in total. The predicted octanol–water partition coefficient (Wildman–Crippen LogP) is 0.464. The Morgan fingerprint density at radius 3 is 1.36 bits per heavy atom. The van der Waals surface area contributed by atoms with Crippen molar-refractivity contribution in [2.24, 2.45) is 5.92 Å². The van der Waals surface area contributed by atoms with Gasteiger partial charge in [-0.2, -0.15) is 4.31 Å².